The van der Waals surface area contributed by atoms with E-state index in [1.807, 2.05) is 11.8 Å². The fourth-order valence-electron chi connectivity index (χ4n) is 3.01. The molecular weight excluding hydrogens is 274 g/mol. The number of aryl methyl sites for hydroxylation is 1. The smallest absolute Gasteiger partial charge is 0.0888 e. The lowest BCUT2D eigenvalue weighted by Crippen LogP contribution is -2.51. The SMILES string of the molecule is CCCNC(c1c(Cl)cnn1CCC)C1(OC)CCC1. The minimum absolute atomic E-state index is 0.121. The number of nitrogens with zero attached hydrogens (tertiary/aromatic N) is 2. The molecule has 1 aliphatic carbocycles. The minimum atomic E-state index is -0.121. The molecule has 1 aromatic heterocycles. The predicted molar refractivity (Wildman–Crippen MR) is 82.2 cm³/mol. The van der Waals surface area contributed by atoms with E-state index in [1.165, 1.54) is 6.42 Å². The van der Waals surface area contributed by atoms with Crippen LogP contribution in [-0.4, -0.2) is 29.0 Å². The highest BCUT2D eigenvalue weighted by atomic mass is 35.5. The number of hydrogen-bond acceptors (Lipinski definition) is 3. The largest absolute Gasteiger partial charge is 0.376 e. The summed E-state index contributed by atoms with van der Waals surface area (Å²) in [5.74, 6) is 0. The Balaban J connectivity index is 2.33. The second-order valence-corrected chi connectivity index (χ2v) is 6.02. The van der Waals surface area contributed by atoms with Gasteiger partial charge in [-0.2, -0.15) is 5.10 Å². The van der Waals surface area contributed by atoms with Crippen LogP contribution in [0.3, 0.4) is 0 Å². The van der Waals surface area contributed by atoms with Crippen molar-refractivity contribution in [1.29, 1.82) is 0 Å². The van der Waals surface area contributed by atoms with Gasteiger partial charge in [0.25, 0.3) is 0 Å². The summed E-state index contributed by atoms with van der Waals surface area (Å²) in [6.07, 6.45) is 7.28. The summed E-state index contributed by atoms with van der Waals surface area (Å²) >= 11 is 6.42. The molecule has 1 N–H and O–H groups in total. The molecule has 1 aromatic rings. The number of halogens is 1. The Kier molecular flexibility index (Phi) is 5.47. The van der Waals surface area contributed by atoms with Crippen molar-refractivity contribution < 1.29 is 4.74 Å². The maximum Gasteiger partial charge on any atom is 0.0888 e. The first-order valence-corrected chi connectivity index (χ1v) is 8.06. The summed E-state index contributed by atoms with van der Waals surface area (Å²) in [4.78, 5) is 0. The van der Waals surface area contributed by atoms with Crippen molar-refractivity contribution in [1.82, 2.24) is 15.1 Å². The highest BCUT2D eigenvalue weighted by molar-refractivity contribution is 6.31. The van der Waals surface area contributed by atoms with Gasteiger partial charge in [0.05, 0.1) is 28.6 Å². The lowest BCUT2D eigenvalue weighted by Gasteiger charge is -2.47. The zero-order chi connectivity index (χ0) is 14.6. The van der Waals surface area contributed by atoms with Crippen molar-refractivity contribution in [2.75, 3.05) is 13.7 Å². The van der Waals surface area contributed by atoms with E-state index in [2.05, 4.69) is 24.3 Å². The van der Waals surface area contributed by atoms with Gasteiger partial charge in [-0.25, -0.2) is 0 Å². The molecule has 1 aliphatic rings. The topological polar surface area (TPSA) is 39.1 Å². The first-order chi connectivity index (χ1) is 9.68. The molecule has 0 amide bonds. The maximum absolute atomic E-state index is 6.42. The Labute approximate surface area is 126 Å². The van der Waals surface area contributed by atoms with Gasteiger partial charge in [-0.3, -0.25) is 4.68 Å². The van der Waals surface area contributed by atoms with Gasteiger partial charge >= 0.3 is 0 Å². The highest BCUT2D eigenvalue weighted by Crippen LogP contribution is 2.46. The van der Waals surface area contributed by atoms with Crippen molar-refractivity contribution in [3.63, 3.8) is 0 Å². The number of aromatic nitrogens is 2. The lowest BCUT2D eigenvalue weighted by atomic mass is 9.73. The number of hydrogen-bond donors (Lipinski definition) is 1. The normalized spacial score (nSPS) is 18.8. The first-order valence-electron chi connectivity index (χ1n) is 7.68. The lowest BCUT2D eigenvalue weighted by molar-refractivity contribution is -0.101. The number of ether oxygens (including phenoxy) is 1. The molecule has 1 saturated carbocycles. The number of methoxy groups -OCH3 is 1. The van der Waals surface area contributed by atoms with Gasteiger partial charge in [0.2, 0.25) is 0 Å². The standard InChI is InChI=1S/C15H26ClN3O/c1-4-9-17-14(15(20-3)7-6-8-15)13-12(16)11-18-19(13)10-5-2/h11,14,17H,4-10H2,1-3H3. The van der Waals surface area contributed by atoms with E-state index in [1.54, 1.807) is 6.20 Å². The zero-order valence-electron chi connectivity index (χ0n) is 12.8. The van der Waals surface area contributed by atoms with Crippen molar-refractivity contribution in [2.45, 2.75) is 64.1 Å². The predicted octanol–water partition coefficient (Wildman–Crippen LogP) is 3.56. The van der Waals surface area contributed by atoms with E-state index in [9.17, 15) is 0 Å². The third-order valence-electron chi connectivity index (χ3n) is 4.27. The molecule has 0 bridgehead atoms. The average molecular weight is 300 g/mol. The summed E-state index contributed by atoms with van der Waals surface area (Å²) in [6.45, 7) is 6.19. The Bertz CT molecular complexity index is 423. The van der Waals surface area contributed by atoms with Crippen LogP contribution in [0.15, 0.2) is 6.20 Å². The molecule has 0 spiro atoms. The monoisotopic (exact) mass is 299 g/mol. The summed E-state index contributed by atoms with van der Waals surface area (Å²) in [5.41, 5.74) is 0.966. The highest BCUT2D eigenvalue weighted by Gasteiger charge is 2.47. The number of nitrogens with one attached hydrogen (secondary N) is 1. The molecule has 1 atom stereocenters. The summed E-state index contributed by atoms with van der Waals surface area (Å²) in [5, 5.41) is 8.81. The second-order valence-electron chi connectivity index (χ2n) is 5.61. The maximum atomic E-state index is 6.42. The molecule has 114 valence electrons. The van der Waals surface area contributed by atoms with E-state index in [-0.39, 0.29) is 11.6 Å². The zero-order valence-corrected chi connectivity index (χ0v) is 13.5. The van der Waals surface area contributed by atoms with Crippen LogP contribution in [0.1, 0.15) is 57.7 Å². The van der Waals surface area contributed by atoms with E-state index in [0.717, 1.165) is 49.5 Å². The molecular formula is C15H26ClN3O. The molecule has 0 saturated heterocycles. The molecule has 0 aromatic carbocycles. The van der Waals surface area contributed by atoms with Crippen LogP contribution >= 0.6 is 11.6 Å². The van der Waals surface area contributed by atoms with Gasteiger partial charge in [0.1, 0.15) is 0 Å². The van der Waals surface area contributed by atoms with E-state index in [4.69, 9.17) is 16.3 Å². The van der Waals surface area contributed by atoms with Crippen LogP contribution < -0.4 is 5.32 Å². The molecule has 1 unspecified atom stereocenters. The Morgan fingerprint density at radius 3 is 2.70 bits per heavy atom. The fourth-order valence-corrected chi connectivity index (χ4v) is 3.26. The van der Waals surface area contributed by atoms with Crippen LogP contribution in [0.25, 0.3) is 0 Å². The molecule has 5 heteroatoms. The minimum Gasteiger partial charge on any atom is -0.376 e. The van der Waals surface area contributed by atoms with Crippen LogP contribution in [0, 0.1) is 0 Å². The summed E-state index contributed by atoms with van der Waals surface area (Å²) in [7, 11) is 1.81. The van der Waals surface area contributed by atoms with E-state index >= 15 is 0 Å². The molecule has 0 radical (unpaired) electrons. The Morgan fingerprint density at radius 2 is 2.20 bits per heavy atom. The quantitative estimate of drug-likeness (QED) is 0.798. The Hall–Kier alpha value is -0.580. The van der Waals surface area contributed by atoms with Crippen LogP contribution in [0.4, 0.5) is 0 Å². The van der Waals surface area contributed by atoms with Gasteiger partial charge in [-0.1, -0.05) is 25.4 Å². The summed E-state index contributed by atoms with van der Waals surface area (Å²) in [6, 6.07) is 0.128. The van der Waals surface area contributed by atoms with Gasteiger partial charge in [-0.15, -0.1) is 0 Å². The molecule has 2 rings (SSSR count). The number of rotatable bonds is 8. The van der Waals surface area contributed by atoms with Crippen molar-refractivity contribution in [3.05, 3.63) is 16.9 Å². The molecule has 0 aliphatic heterocycles. The Morgan fingerprint density at radius 1 is 1.45 bits per heavy atom. The first kappa shape index (κ1) is 15.8. The van der Waals surface area contributed by atoms with Crippen LogP contribution in [0.2, 0.25) is 5.02 Å². The average Bonchev–Trinajstić information content (AvgIpc) is 2.74. The molecule has 1 heterocycles. The van der Waals surface area contributed by atoms with Gasteiger partial charge in [0.15, 0.2) is 0 Å². The van der Waals surface area contributed by atoms with Crippen molar-refractivity contribution >= 4 is 11.6 Å². The summed E-state index contributed by atoms with van der Waals surface area (Å²) < 4.78 is 7.92. The third kappa shape index (κ3) is 2.87. The second kappa shape index (κ2) is 6.92. The third-order valence-corrected chi connectivity index (χ3v) is 4.56. The van der Waals surface area contributed by atoms with Gasteiger partial charge in [-0.05, 0) is 38.6 Å². The van der Waals surface area contributed by atoms with Crippen molar-refractivity contribution in [2.24, 2.45) is 0 Å². The molecule has 4 nitrogen and oxygen atoms in total. The van der Waals surface area contributed by atoms with Crippen LogP contribution in [0.5, 0.6) is 0 Å². The molecule has 20 heavy (non-hydrogen) atoms. The van der Waals surface area contributed by atoms with Crippen LogP contribution in [-0.2, 0) is 11.3 Å². The molecule has 1 fully saturated rings. The van der Waals surface area contributed by atoms with Gasteiger partial charge < -0.3 is 10.1 Å². The van der Waals surface area contributed by atoms with E-state index < -0.39 is 0 Å². The van der Waals surface area contributed by atoms with E-state index in [0.29, 0.717) is 0 Å². The fraction of sp³-hybridized carbons (Fsp3) is 0.800. The van der Waals surface area contributed by atoms with Crippen molar-refractivity contribution in [3.8, 4) is 0 Å². The van der Waals surface area contributed by atoms with Gasteiger partial charge in [0, 0.05) is 13.7 Å².